The van der Waals surface area contributed by atoms with Gasteiger partial charge in [-0.05, 0) is 77.2 Å². The van der Waals surface area contributed by atoms with Gasteiger partial charge in [-0.1, -0.05) is 29.3 Å². The molecule has 11 heteroatoms. The standard InChI is InChI=1S/C22H18Cl2INO6S/c1-3-31-19(27)11-32-20-16(25)7-12(8-17(20)30-2)9-18-21(28)26(22(29)33-18)10-13-14(23)5-4-6-15(13)24/h4-9H,3,10-11H2,1-2H3/b18-9-. The van der Waals surface area contributed by atoms with Gasteiger partial charge in [-0.2, -0.15) is 0 Å². The molecule has 1 aliphatic heterocycles. The summed E-state index contributed by atoms with van der Waals surface area (Å²) in [5, 5.41) is 0.338. The Labute approximate surface area is 218 Å². The van der Waals surface area contributed by atoms with E-state index in [2.05, 4.69) is 0 Å². The zero-order valence-electron chi connectivity index (χ0n) is 17.5. The Morgan fingerprint density at radius 3 is 2.55 bits per heavy atom. The normalized spacial score (nSPS) is 14.7. The van der Waals surface area contributed by atoms with Crippen molar-refractivity contribution in [1.29, 1.82) is 0 Å². The van der Waals surface area contributed by atoms with Crippen LogP contribution in [0.5, 0.6) is 11.5 Å². The minimum absolute atomic E-state index is 0.0258. The van der Waals surface area contributed by atoms with E-state index in [1.807, 2.05) is 22.6 Å². The van der Waals surface area contributed by atoms with Gasteiger partial charge in [0.05, 0.1) is 28.7 Å². The van der Waals surface area contributed by atoms with Crippen LogP contribution in [0.4, 0.5) is 4.79 Å². The van der Waals surface area contributed by atoms with Crippen molar-refractivity contribution in [2.45, 2.75) is 13.5 Å². The lowest BCUT2D eigenvalue weighted by Gasteiger charge is -2.15. The van der Waals surface area contributed by atoms with Gasteiger partial charge in [-0.15, -0.1) is 0 Å². The molecule has 0 N–H and O–H groups in total. The highest BCUT2D eigenvalue weighted by molar-refractivity contribution is 14.1. The van der Waals surface area contributed by atoms with Gasteiger partial charge in [-0.3, -0.25) is 14.5 Å². The summed E-state index contributed by atoms with van der Waals surface area (Å²) in [6.45, 7) is 1.68. The Hall–Kier alpha value is -1.95. The van der Waals surface area contributed by atoms with Crippen molar-refractivity contribution < 1.29 is 28.6 Å². The van der Waals surface area contributed by atoms with E-state index < -0.39 is 17.1 Å². The van der Waals surface area contributed by atoms with E-state index in [1.54, 1.807) is 43.3 Å². The summed E-state index contributed by atoms with van der Waals surface area (Å²) >= 11 is 15.2. The van der Waals surface area contributed by atoms with E-state index in [-0.39, 0.29) is 24.7 Å². The number of esters is 1. The third kappa shape index (κ3) is 6.14. The third-order valence-corrected chi connectivity index (χ3v) is 6.86. The zero-order valence-corrected chi connectivity index (χ0v) is 22.0. The predicted molar refractivity (Wildman–Crippen MR) is 136 cm³/mol. The van der Waals surface area contributed by atoms with Crippen molar-refractivity contribution in [1.82, 2.24) is 4.90 Å². The van der Waals surface area contributed by atoms with Crippen molar-refractivity contribution in [2.75, 3.05) is 20.3 Å². The molecule has 3 rings (SSSR count). The molecule has 0 aromatic heterocycles. The molecule has 0 unspecified atom stereocenters. The van der Waals surface area contributed by atoms with Crippen LogP contribution in [0, 0.1) is 3.57 Å². The van der Waals surface area contributed by atoms with Crippen LogP contribution in [0.15, 0.2) is 35.2 Å². The van der Waals surface area contributed by atoms with Gasteiger partial charge in [0, 0.05) is 15.6 Å². The maximum atomic E-state index is 12.9. The molecule has 0 spiro atoms. The molecule has 1 fully saturated rings. The molecular formula is C22H18Cl2INO6S. The smallest absolute Gasteiger partial charge is 0.344 e. The van der Waals surface area contributed by atoms with Crippen LogP contribution in [-0.2, 0) is 20.9 Å². The summed E-state index contributed by atoms with van der Waals surface area (Å²) in [7, 11) is 1.47. The molecule has 7 nitrogen and oxygen atoms in total. The molecule has 2 amide bonds. The van der Waals surface area contributed by atoms with Crippen LogP contribution in [-0.4, -0.2) is 42.3 Å². The first-order valence-electron chi connectivity index (χ1n) is 9.59. The second-order valence-electron chi connectivity index (χ2n) is 6.60. The van der Waals surface area contributed by atoms with E-state index in [9.17, 15) is 14.4 Å². The largest absolute Gasteiger partial charge is 0.493 e. The Morgan fingerprint density at radius 2 is 1.91 bits per heavy atom. The lowest BCUT2D eigenvalue weighted by atomic mass is 10.1. The highest BCUT2D eigenvalue weighted by atomic mass is 127. The van der Waals surface area contributed by atoms with Gasteiger partial charge in [0.1, 0.15) is 0 Å². The Balaban J connectivity index is 1.83. The van der Waals surface area contributed by atoms with Crippen molar-refractivity contribution >= 4 is 80.7 Å². The zero-order chi connectivity index (χ0) is 24.1. The molecule has 0 radical (unpaired) electrons. The third-order valence-electron chi connectivity index (χ3n) is 4.44. The second-order valence-corrected chi connectivity index (χ2v) is 9.57. The fraction of sp³-hybridized carbons (Fsp3) is 0.227. The number of halogens is 3. The number of carbonyl (C=O) groups excluding carboxylic acids is 3. The molecule has 1 heterocycles. The first kappa shape index (κ1) is 25.7. The maximum Gasteiger partial charge on any atom is 0.344 e. The van der Waals surface area contributed by atoms with E-state index in [0.717, 1.165) is 16.7 Å². The number of rotatable bonds is 8. The number of thioether (sulfide) groups is 1. The summed E-state index contributed by atoms with van der Waals surface area (Å²) < 4.78 is 16.5. The van der Waals surface area contributed by atoms with Gasteiger partial charge >= 0.3 is 5.97 Å². The highest BCUT2D eigenvalue weighted by Crippen LogP contribution is 2.38. The first-order valence-corrected chi connectivity index (χ1v) is 12.2. The number of nitrogens with zero attached hydrogens (tertiary/aromatic N) is 1. The highest BCUT2D eigenvalue weighted by Gasteiger charge is 2.35. The fourth-order valence-electron chi connectivity index (χ4n) is 2.93. The topological polar surface area (TPSA) is 82.1 Å². The SMILES string of the molecule is CCOC(=O)COc1c(I)cc(/C=C2\SC(=O)N(Cc3c(Cl)cccc3Cl)C2=O)cc1OC. The molecule has 0 bridgehead atoms. The average Bonchev–Trinajstić information content (AvgIpc) is 3.02. The second kappa shape index (κ2) is 11.5. The van der Waals surface area contributed by atoms with E-state index in [0.29, 0.717) is 36.2 Å². The summed E-state index contributed by atoms with van der Waals surface area (Å²) in [4.78, 5) is 38.4. The number of amides is 2. The Kier molecular flexibility index (Phi) is 8.91. The van der Waals surface area contributed by atoms with Crippen LogP contribution >= 0.6 is 57.6 Å². The van der Waals surface area contributed by atoms with Crippen LogP contribution in [0.1, 0.15) is 18.1 Å². The van der Waals surface area contributed by atoms with E-state index in [4.69, 9.17) is 37.4 Å². The van der Waals surface area contributed by atoms with Gasteiger partial charge in [0.2, 0.25) is 0 Å². The van der Waals surface area contributed by atoms with Gasteiger partial charge in [0.25, 0.3) is 11.1 Å². The maximum absolute atomic E-state index is 12.9. The molecule has 2 aromatic carbocycles. The minimum atomic E-state index is -0.494. The van der Waals surface area contributed by atoms with Crippen LogP contribution in [0.2, 0.25) is 10.0 Å². The minimum Gasteiger partial charge on any atom is -0.493 e. The molecule has 0 aliphatic carbocycles. The van der Waals surface area contributed by atoms with Crippen molar-refractivity contribution in [2.24, 2.45) is 0 Å². The average molecular weight is 622 g/mol. The van der Waals surface area contributed by atoms with Gasteiger partial charge in [-0.25, -0.2) is 4.79 Å². The molecule has 33 heavy (non-hydrogen) atoms. The summed E-state index contributed by atoms with van der Waals surface area (Å²) in [5.41, 5.74) is 1.13. The van der Waals surface area contributed by atoms with Crippen molar-refractivity contribution in [3.05, 3.63) is 60.0 Å². The lowest BCUT2D eigenvalue weighted by molar-refractivity contribution is -0.145. The fourth-order valence-corrected chi connectivity index (χ4v) is 5.06. The number of hydrogen-bond acceptors (Lipinski definition) is 7. The number of carbonyl (C=O) groups is 3. The molecule has 0 atom stereocenters. The molecule has 1 saturated heterocycles. The monoisotopic (exact) mass is 621 g/mol. The summed E-state index contributed by atoms with van der Waals surface area (Å²) in [6.07, 6.45) is 1.60. The lowest BCUT2D eigenvalue weighted by Crippen LogP contribution is -2.27. The molecular weight excluding hydrogens is 604 g/mol. The Bertz CT molecular complexity index is 1120. The Morgan fingerprint density at radius 1 is 1.21 bits per heavy atom. The molecule has 1 aliphatic rings. The van der Waals surface area contributed by atoms with Crippen LogP contribution < -0.4 is 9.47 Å². The molecule has 2 aromatic rings. The van der Waals surface area contributed by atoms with Gasteiger partial charge < -0.3 is 14.2 Å². The summed E-state index contributed by atoms with van der Waals surface area (Å²) in [6, 6.07) is 8.40. The predicted octanol–water partition coefficient (Wildman–Crippen LogP) is 5.79. The quantitative estimate of drug-likeness (QED) is 0.210. The first-order chi connectivity index (χ1) is 15.7. The number of imide groups is 1. The molecule has 174 valence electrons. The summed E-state index contributed by atoms with van der Waals surface area (Å²) in [5.74, 6) is -0.186. The van der Waals surface area contributed by atoms with Crippen LogP contribution in [0.25, 0.3) is 6.08 Å². The van der Waals surface area contributed by atoms with Gasteiger partial charge in [0.15, 0.2) is 18.1 Å². The number of hydrogen-bond donors (Lipinski definition) is 0. The van der Waals surface area contributed by atoms with Crippen molar-refractivity contribution in [3.8, 4) is 11.5 Å². The van der Waals surface area contributed by atoms with Crippen LogP contribution in [0.3, 0.4) is 0 Å². The number of methoxy groups -OCH3 is 1. The number of ether oxygens (including phenoxy) is 3. The molecule has 0 saturated carbocycles. The van der Waals surface area contributed by atoms with Crippen molar-refractivity contribution in [3.63, 3.8) is 0 Å². The van der Waals surface area contributed by atoms with E-state index >= 15 is 0 Å². The number of benzene rings is 2. The van der Waals surface area contributed by atoms with E-state index in [1.165, 1.54) is 7.11 Å².